The number of methoxy groups -OCH3 is 1. The molecule has 2 amide bonds. The number of ether oxygens (including phenoxy) is 3. The van der Waals surface area contributed by atoms with Crippen molar-refractivity contribution >= 4 is 23.4 Å². The molecule has 2 aliphatic rings. The van der Waals surface area contributed by atoms with Crippen molar-refractivity contribution in [3.05, 3.63) is 53.6 Å². The molecular formula is C29H39N5O5. The van der Waals surface area contributed by atoms with Crippen molar-refractivity contribution in [2.24, 2.45) is 5.10 Å². The molecule has 2 aromatic rings. The van der Waals surface area contributed by atoms with Crippen molar-refractivity contribution in [1.29, 1.82) is 0 Å². The Morgan fingerprint density at radius 2 is 1.85 bits per heavy atom. The van der Waals surface area contributed by atoms with Gasteiger partial charge in [0, 0.05) is 56.8 Å². The van der Waals surface area contributed by atoms with Gasteiger partial charge >= 0.3 is 6.09 Å². The maximum atomic E-state index is 12.6. The number of anilines is 1. The van der Waals surface area contributed by atoms with Crippen molar-refractivity contribution < 1.29 is 23.8 Å². The van der Waals surface area contributed by atoms with Gasteiger partial charge in [0.25, 0.3) is 0 Å². The molecular weight excluding hydrogens is 498 g/mol. The smallest absolute Gasteiger partial charge is 0.411 e. The van der Waals surface area contributed by atoms with E-state index in [-0.39, 0.29) is 5.91 Å². The maximum absolute atomic E-state index is 12.6. The van der Waals surface area contributed by atoms with Gasteiger partial charge in [0.05, 0.1) is 32.6 Å². The van der Waals surface area contributed by atoms with E-state index in [0.29, 0.717) is 49.8 Å². The highest BCUT2D eigenvalue weighted by Gasteiger charge is 2.22. The van der Waals surface area contributed by atoms with Crippen LogP contribution in [-0.2, 0) is 16.1 Å². The number of nitrogens with zero attached hydrogens (tertiary/aromatic N) is 3. The minimum Gasteiger partial charge on any atom is -0.493 e. The Morgan fingerprint density at radius 3 is 2.59 bits per heavy atom. The number of carbonyl (C=O) groups excluding carboxylic acids is 2. The summed E-state index contributed by atoms with van der Waals surface area (Å²) < 4.78 is 16.6. The van der Waals surface area contributed by atoms with Crippen molar-refractivity contribution in [3.8, 4) is 11.5 Å². The zero-order valence-corrected chi connectivity index (χ0v) is 22.9. The first-order chi connectivity index (χ1) is 19.1. The normalized spacial score (nSPS) is 16.0. The van der Waals surface area contributed by atoms with E-state index in [9.17, 15) is 9.59 Å². The third-order valence-corrected chi connectivity index (χ3v) is 6.66. The summed E-state index contributed by atoms with van der Waals surface area (Å²) in [5.74, 6) is 1.31. The standard InChI is InChI=1S/C29H39N5O5/c1-3-18-38-27-20-23(7-11-26(27)37-2)25-10-12-28(35)34(32-25)21-22-5-8-24(9-6-22)31-29(36)39-19-4-15-33-16-13-30-14-17-33/h5-9,11,20,30H,3-4,10,12-19,21H2,1-2H3,(H,31,36). The summed E-state index contributed by atoms with van der Waals surface area (Å²) in [4.78, 5) is 27.1. The van der Waals surface area contributed by atoms with Crippen LogP contribution in [0.1, 0.15) is 43.7 Å². The Balaban J connectivity index is 1.29. The first-order valence-corrected chi connectivity index (χ1v) is 13.7. The van der Waals surface area contributed by atoms with Gasteiger partial charge in [-0.25, -0.2) is 9.80 Å². The molecule has 4 rings (SSSR count). The zero-order valence-electron chi connectivity index (χ0n) is 22.9. The number of rotatable bonds is 12. The molecule has 10 heteroatoms. The maximum Gasteiger partial charge on any atom is 0.411 e. The molecule has 2 aliphatic heterocycles. The number of hydrogen-bond donors (Lipinski definition) is 2. The van der Waals surface area contributed by atoms with Crippen LogP contribution in [0.4, 0.5) is 10.5 Å². The summed E-state index contributed by atoms with van der Waals surface area (Å²) >= 11 is 0. The van der Waals surface area contributed by atoms with Crippen LogP contribution in [0.5, 0.6) is 11.5 Å². The van der Waals surface area contributed by atoms with Gasteiger partial charge < -0.3 is 24.4 Å². The summed E-state index contributed by atoms with van der Waals surface area (Å²) in [6.07, 6.45) is 2.18. The second kappa shape index (κ2) is 14.5. The molecule has 0 saturated carbocycles. The average molecular weight is 538 g/mol. The van der Waals surface area contributed by atoms with E-state index in [1.165, 1.54) is 5.01 Å². The highest BCUT2D eigenvalue weighted by molar-refractivity contribution is 6.04. The lowest BCUT2D eigenvalue weighted by molar-refractivity contribution is -0.132. The molecule has 2 N–H and O–H groups in total. The fourth-order valence-electron chi connectivity index (χ4n) is 4.52. The van der Waals surface area contributed by atoms with Crippen LogP contribution >= 0.6 is 0 Å². The van der Waals surface area contributed by atoms with Gasteiger partial charge in [0.2, 0.25) is 5.91 Å². The van der Waals surface area contributed by atoms with E-state index in [2.05, 4.69) is 27.6 Å². The van der Waals surface area contributed by atoms with Crippen LogP contribution in [0, 0.1) is 0 Å². The molecule has 0 aromatic heterocycles. The molecule has 0 radical (unpaired) electrons. The molecule has 2 heterocycles. The summed E-state index contributed by atoms with van der Waals surface area (Å²) in [6, 6.07) is 13.1. The summed E-state index contributed by atoms with van der Waals surface area (Å²) in [6.45, 7) is 8.38. The number of hydrogen-bond acceptors (Lipinski definition) is 8. The van der Waals surface area contributed by atoms with E-state index in [4.69, 9.17) is 14.2 Å². The van der Waals surface area contributed by atoms with Gasteiger partial charge in [-0.05, 0) is 48.7 Å². The van der Waals surface area contributed by atoms with Gasteiger partial charge in [0.1, 0.15) is 0 Å². The zero-order chi connectivity index (χ0) is 27.5. The molecule has 0 spiro atoms. The van der Waals surface area contributed by atoms with E-state index < -0.39 is 6.09 Å². The van der Waals surface area contributed by atoms with Crippen molar-refractivity contribution in [2.75, 3.05) is 58.4 Å². The van der Waals surface area contributed by atoms with Gasteiger partial charge in [-0.3, -0.25) is 10.1 Å². The molecule has 0 aliphatic carbocycles. The minimum atomic E-state index is -0.467. The molecule has 0 bridgehead atoms. The first kappa shape index (κ1) is 28.4. The quantitative estimate of drug-likeness (QED) is 0.396. The Hall–Kier alpha value is -3.63. The lowest BCUT2D eigenvalue weighted by Crippen LogP contribution is -2.43. The van der Waals surface area contributed by atoms with Crippen LogP contribution in [0.15, 0.2) is 47.6 Å². The molecule has 2 aromatic carbocycles. The van der Waals surface area contributed by atoms with Crippen LogP contribution < -0.4 is 20.1 Å². The van der Waals surface area contributed by atoms with E-state index >= 15 is 0 Å². The summed E-state index contributed by atoms with van der Waals surface area (Å²) in [5, 5.41) is 12.3. The van der Waals surface area contributed by atoms with Crippen molar-refractivity contribution in [1.82, 2.24) is 15.2 Å². The summed E-state index contributed by atoms with van der Waals surface area (Å²) in [7, 11) is 1.62. The Bertz CT molecular complexity index is 1130. The monoisotopic (exact) mass is 537 g/mol. The number of amides is 2. The largest absolute Gasteiger partial charge is 0.493 e. The molecule has 10 nitrogen and oxygen atoms in total. The van der Waals surface area contributed by atoms with Crippen LogP contribution in [0.3, 0.4) is 0 Å². The average Bonchev–Trinajstić information content (AvgIpc) is 2.97. The fourth-order valence-corrected chi connectivity index (χ4v) is 4.52. The summed E-state index contributed by atoms with van der Waals surface area (Å²) in [5.41, 5.74) is 3.28. The van der Waals surface area contributed by atoms with E-state index in [1.807, 2.05) is 30.3 Å². The van der Waals surface area contributed by atoms with Crippen LogP contribution in [0.2, 0.25) is 0 Å². The highest BCUT2D eigenvalue weighted by atomic mass is 16.5. The predicted molar refractivity (Wildman–Crippen MR) is 150 cm³/mol. The predicted octanol–water partition coefficient (Wildman–Crippen LogP) is 3.85. The van der Waals surface area contributed by atoms with Crippen LogP contribution in [0.25, 0.3) is 0 Å². The molecule has 1 fully saturated rings. The van der Waals surface area contributed by atoms with Gasteiger partial charge in [0.15, 0.2) is 11.5 Å². The Labute approximate surface area is 230 Å². The molecule has 0 unspecified atom stereocenters. The van der Waals surface area contributed by atoms with Crippen molar-refractivity contribution in [2.45, 2.75) is 39.2 Å². The minimum absolute atomic E-state index is 0.0266. The molecule has 210 valence electrons. The number of benzene rings is 2. The fraction of sp³-hybridized carbons (Fsp3) is 0.483. The third-order valence-electron chi connectivity index (χ3n) is 6.66. The third kappa shape index (κ3) is 8.43. The number of hydrazone groups is 1. The second-order valence-corrected chi connectivity index (χ2v) is 9.62. The Morgan fingerprint density at radius 1 is 1.05 bits per heavy atom. The highest BCUT2D eigenvalue weighted by Crippen LogP contribution is 2.30. The molecule has 39 heavy (non-hydrogen) atoms. The first-order valence-electron chi connectivity index (χ1n) is 13.7. The number of piperazine rings is 1. The molecule has 1 saturated heterocycles. The number of carbonyl (C=O) groups is 2. The second-order valence-electron chi connectivity index (χ2n) is 9.62. The van der Waals surface area contributed by atoms with Gasteiger partial charge in [-0.1, -0.05) is 19.1 Å². The Kier molecular flexibility index (Phi) is 10.6. The lowest BCUT2D eigenvalue weighted by atomic mass is 10.0. The van der Waals surface area contributed by atoms with Gasteiger partial charge in [-0.2, -0.15) is 5.10 Å². The van der Waals surface area contributed by atoms with Gasteiger partial charge in [-0.15, -0.1) is 0 Å². The van der Waals surface area contributed by atoms with E-state index in [1.54, 1.807) is 19.2 Å². The topological polar surface area (TPSA) is 105 Å². The van der Waals surface area contributed by atoms with Crippen LogP contribution in [-0.4, -0.2) is 80.7 Å². The lowest BCUT2D eigenvalue weighted by Gasteiger charge is -2.26. The SMILES string of the molecule is CCCOc1cc(C2=NN(Cc3ccc(NC(=O)OCCCN4CCNCC4)cc3)C(=O)CC2)ccc1OC. The molecule has 0 atom stereocenters. The van der Waals surface area contributed by atoms with Crippen molar-refractivity contribution in [3.63, 3.8) is 0 Å². The van der Waals surface area contributed by atoms with E-state index in [0.717, 1.165) is 62.4 Å². The number of nitrogens with one attached hydrogen (secondary N) is 2.